The van der Waals surface area contributed by atoms with Gasteiger partial charge in [-0.2, -0.15) is 4.39 Å². The minimum Gasteiger partial charge on any atom is -0.511 e. The molecule has 3 rings (SSSR count). The van der Waals surface area contributed by atoms with Crippen LogP contribution in [0.5, 0.6) is 5.75 Å². The van der Waals surface area contributed by atoms with E-state index in [1.807, 2.05) is 60.7 Å². The molecule has 6 heteroatoms. The molecule has 0 bridgehead atoms. The average Bonchev–Trinajstić information content (AvgIpc) is 2.77. The Morgan fingerprint density at radius 2 is 1.33 bits per heavy atom. The zero-order valence-corrected chi connectivity index (χ0v) is 18.1. The van der Waals surface area contributed by atoms with Crippen LogP contribution in [0.15, 0.2) is 72.8 Å². The Bertz CT molecular complexity index is 910. The molecule has 0 radical (unpaired) electrons. The summed E-state index contributed by atoms with van der Waals surface area (Å²) >= 11 is 0. The summed E-state index contributed by atoms with van der Waals surface area (Å²) in [6.07, 6.45) is 1.77. The smallest absolute Gasteiger partial charge is 0.468 e. The van der Waals surface area contributed by atoms with Gasteiger partial charge in [0.2, 0.25) is 5.82 Å². The lowest BCUT2D eigenvalue weighted by Gasteiger charge is -2.32. The van der Waals surface area contributed by atoms with E-state index in [9.17, 15) is 13.2 Å². The van der Waals surface area contributed by atoms with Gasteiger partial charge >= 0.3 is 8.56 Å². The molecular weight excluding hydrogens is 405 g/mol. The number of rotatable bonds is 9. The highest BCUT2D eigenvalue weighted by Gasteiger charge is 2.45. The van der Waals surface area contributed by atoms with Crippen molar-refractivity contribution in [1.82, 2.24) is 0 Å². The predicted molar refractivity (Wildman–Crippen MR) is 115 cm³/mol. The molecule has 30 heavy (non-hydrogen) atoms. The molecule has 0 aromatic heterocycles. The topological polar surface area (TPSA) is 18.5 Å². The van der Waals surface area contributed by atoms with Crippen LogP contribution in [-0.4, -0.2) is 15.2 Å². The molecule has 0 saturated carbocycles. The first-order valence-corrected chi connectivity index (χ1v) is 11.8. The van der Waals surface area contributed by atoms with Crippen LogP contribution in [0, 0.1) is 23.4 Å². The second-order valence-corrected chi connectivity index (χ2v) is 10.4. The van der Waals surface area contributed by atoms with Gasteiger partial charge in [-0.15, -0.1) is 0 Å². The van der Waals surface area contributed by atoms with Crippen molar-refractivity contribution in [2.45, 2.75) is 26.7 Å². The fourth-order valence-corrected chi connectivity index (χ4v) is 6.37. The van der Waals surface area contributed by atoms with Gasteiger partial charge in [-0.3, -0.25) is 0 Å². The van der Waals surface area contributed by atoms with Gasteiger partial charge in [0.1, 0.15) is 5.75 Å². The molecule has 158 valence electrons. The van der Waals surface area contributed by atoms with E-state index in [1.165, 1.54) is 0 Å². The summed E-state index contributed by atoms with van der Waals surface area (Å²) in [6.45, 7) is 4.66. The van der Waals surface area contributed by atoms with Crippen molar-refractivity contribution in [3.05, 3.63) is 90.2 Å². The Labute approximate surface area is 176 Å². The van der Waals surface area contributed by atoms with E-state index in [4.69, 9.17) is 8.85 Å². The lowest BCUT2D eigenvalue weighted by Crippen LogP contribution is -2.66. The van der Waals surface area contributed by atoms with Crippen molar-refractivity contribution in [2.24, 2.45) is 5.92 Å². The fraction of sp³-hybridized carbons (Fsp3) is 0.250. The Morgan fingerprint density at radius 1 is 0.767 bits per heavy atom. The van der Waals surface area contributed by atoms with Gasteiger partial charge in [0.25, 0.3) is 0 Å². The summed E-state index contributed by atoms with van der Waals surface area (Å²) in [5.41, 5.74) is 0. The molecule has 0 N–H and O–H groups in total. The number of benzene rings is 3. The van der Waals surface area contributed by atoms with Crippen LogP contribution < -0.4 is 14.8 Å². The van der Waals surface area contributed by atoms with E-state index < -0.39 is 26.0 Å². The minimum atomic E-state index is -3.46. The number of hydrogen-bond donors (Lipinski definition) is 0. The maximum absolute atomic E-state index is 14.5. The first-order valence-electron chi connectivity index (χ1n) is 10.0. The summed E-state index contributed by atoms with van der Waals surface area (Å²) in [5.74, 6) is -4.02. The minimum absolute atomic E-state index is 0.364. The molecule has 0 heterocycles. The van der Waals surface area contributed by atoms with Crippen molar-refractivity contribution < 1.29 is 22.0 Å². The van der Waals surface area contributed by atoms with E-state index in [1.54, 1.807) is 0 Å². The van der Waals surface area contributed by atoms with Crippen molar-refractivity contribution >= 4 is 18.9 Å². The molecule has 0 amide bonds. The normalized spacial score (nSPS) is 11.7. The maximum Gasteiger partial charge on any atom is 0.468 e. The molecule has 0 fully saturated rings. The van der Waals surface area contributed by atoms with Gasteiger partial charge in [0.05, 0.1) is 0 Å². The summed E-state index contributed by atoms with van der Waals surface area (Å²) < 4.78 is 54.5. The molecule has 0 unspecified atom stereocenters. The Morgan fingerprint density at radius 3 is 1.87 bits per heavy atom. The van der Waals surface area contributed by atoms with Gasteiger partial charge in [0.15, 0.2) is 11.6 Å². The fourth-order valence-electron chi connectivity index (χ4n) is 3.25. The van der Waals surface area contributed by atoms with Crippen LogP contribution in [0.25, 0.3) is 0 Å². The van der Waals surface area contributed by atoms with E-state index in [0.29, 0.717) is 12.5 Å². The highest BCUT2D eigenvalue weighted by Crippen LogP contribution is 2.25. The van der Waals surface area contributed by atoms with Crippen LogP contribution in [-0.2, 0) is 4.43 Å². The van der Waals surface area contributed by atoms with Crippen molar-refractivity contribution in [3.8, 4) is 5.75 Å². The molecule has 0 aliphatic carbocycles. The molecule has 0 spiro atoms. The van der Waals surface area contributed by atoms with Gasteiger partial charge < -0.3 is 8.85 Å². The zero-order valence-electron chi connectivity index (χ0n) is 17.1. The third-order valence-electron chi connectivity index (χ3n) is 4.79. The van der Waals surface area contributed by atoms with Gasteiger partial charge in [-0.1, -0.05) is 74.5 Å². The van der Waals surface area contributed by atoms with Crippen LogP contribution in [0.1, 0.15) is 26.7 Å². The Balaban J connectivity index is 2.09. The van der Waals surface area contributed by atoms with Crippen LogP contribution in [0.3, 0.4) is 0 Å². The summed E-state index contributed by atoms with van der Waals surface area (Å²) in [5, 5.41) is 1.51. The summed E-state index contributed by atoms with van der Waals surface area (Å²) in [4.78, 5) is 0. The molecule has 0 atom stereocenters. The zero-order chi connectivity index (χ0) is 21.6. The Kier molecular flexibility index (Phi) is 7.34. The van der Waals surface area contributed by atoms with Crippen molar-refractivity contribution in [1.29, 1.82) is 0 Å². The quantitative estimate of drug-likeness (QED) is 0.264. The molecular formula is C24H25F3O2Si. The molecule has 3 aromatic carbocycles. The summed E-state index contributed by atoms with van der Waals surface area (Å²) in [6, 6.07) is 20.5. The van der Waals surface area contributed by atoms with E-state index >= 15 is 0 Å². The van der Waals surface area contributed by atoms with E-state index in [0.717, 1.165) is 35.3 Å². The first kappa shape index (κ1) is 22.1. The second kappa shape index (κ2) is 9.96. The molecule has 3 aromatic rings. The Hall–Kier alpha value is -2.57. The summed E-state index contributed by atoms with van der Waals surface area (Å²) in [7, 11) is -3.46. The first-order chi connectivity index (χ1) is 14.4. The third-order valence-corrected chi connectivity index (χ3v) is 8.10. The maximum atomic E-state index is 14.5. The van der Waals surface area contributed by atoms with Gasteiger partial charge in [-0.05, 0) is 30.9 Å². The molecule has 0 aliphatic rings. The number of halogens is 3. The lowest BCUT2D eigenvalue weighted by atomic mass is 10.1. The van der Waals surface area contributed by atoms with Gasteiger partial charge in [-0.25, -0.2) is 8.78 Å². The monoisotopic (exact) mass is 430 g/mol. The standard InChI is InChI=1S/C24H25F3O2Si/c1-18(2)10-9-17-28-30(19-11-5-3-6-12-19,20-13-7-4-8-14-20)29-22-16-15-21(25)23(26)24(22)27/h3-8,11-16,18H,9-10,17H2,1-2H3. The molecule has 0 saturated heterocycles. The highest BCUT2D eigenvalue weighted by atomic mass is 28.4. The van der Waals surface area contributed by atoms with Crippen molar-refractivity contribution in [3.63, 3.8) is 0 Å². The number of hydrogen-bond acceptors (Lipinski definition) is 2. The van der Waals surface area contributed by atoms with Crippen LogP contribution >= 0.6 is 0 Å². The van der Waals surface area contributed by atoms with Crippen LogP contribution in [0.2, 0.25) is 0 Å². The predicted octanol–water partition coefficient (Wildman–Crippen LogP) is 5.19. The SMILES string of the molecule is CC(C)CCCO[Si](Oc1ccc(F)c(F)c1F)(c1ccccc1)c1ccccc1. The second-order valence-electron chi connectivity index (χ2n) is 7.51. The third kappa shape index (κ3) is 4.94. The largest absolute Gasteiger partial charge is 0.511 e. The van der Waals surface area contributed by atoms with Gasteiger partial charge in [0, 0.05) is 17.0 Å². The van der Waals surface area contributed by atoms with E-state index in [-0.39, 0.29) is 5.75 Å². The lowest BCUT2D eigenvalue weighted by molar-refractivity contribution is 0.244. The molecule has 0 aliphatic heterocycles. The highest BCUT2D eigenvalue weighted by molar-refractivity contribution is 6.93. The van der Waals surface area contributed by atoms with Crippen LogP contribution in [0.4, 0.5) is 13.2 Å². The average molecular weight is 431 g/mol. The van der Waals surface area contributed by atoms with E-state index in [2.05, 4.69) is 13.8 Å². The van der Waals surface area contributed by atoms with Crippen molar-refractivity contribution in [2.75, 3.05) is 6.61 Å². The molecule has 2 nitrogen and oxygen atoms in total.